The number of benzene rings is 3. The molecule has 0 aromatic heterocycles. The third-order valence-electron chi connectivity index (χ3n) is 5.87. The van der Waals surface area contributed by atoms with Crippen LogP contribution in [0, 0.1) is 5.82 Å². The zero-order chi connectivity index (χ0) is 23.9. The van der Waals surface area contributed by atoms with Crippen LogP contribution in [0.4, 0.5) is 10.1 Å². The first-order valence-corrected chi connectivity index (χ1v) is 11.3. The van der Waals surface area contributed by atoms with Gasteiger partial charge in [-0.25, -0.2) is 4.39 Å². The largest absolute Gasteiger partial charge is 0.347 e. The molecule has 0 unspecified atom stereocenters. The third kappa shape index (κ3) is 6.17. The zero-order valence-corrected chi connectivity index (χ0v) is 18.8. The molecular weight excluding hydrogens is 435 g/mol. The molecule has 0 spiro atoms. The van der Waals surface area contributed by atoms with Gasteiger partial charge in [0.1, 0.15) is 5.82 Å². The van der Waals surface area contributed by atoms with Gasteiger partial charge in [-0.3, -0.25) is 19.3 Å². The molecule has 1 heterocycles. The Labute approximate surface area is 197 Å². The van der Waals surface area contributed by atoms with Crippen LogP contribution >= 0.6 is 0 Å². The van der Waals surface area contributed by atoms with Gasteiger partial charge in [-0.05, 0) is 34.5 Å². The van der Waals surface area contributed by atoms with Gasteiger partial charge in [0.25, 0.3) is 0 Å². The van der Waals surface area contributed by atoms with Gasteiger partial charge in [0.05, 0.1) is 19.5 Å². The number of piperazine rings is 1. The molecule has 1 fully saturated rings. The lowest BCUT2D eigenvalue weighted by Crippen LogP contribution is -2.52. The second-order valence-electron chi connectivity index (χ2n) is 8.31. The van der Waals surface area contributed by atoms with Gasteiger partial charge < -0.3 is 15.5 Å². The minimum Gasteiger partial charge on any atom is -0.347 e. The first-order valence-electron chi connectivity index (χ1n) is 11.3. The first kappa shape index (κ1) is 23.4. The summed E-state index contributed by atoms with van der Waals surface area (Å²) in [5.41, 5.74) is 1.34. The fourth-order valence-corrected chi connectivity index (χ4v) is 4.09. The molecule has 3 amide bonds. The number of nitrogens with zero attached hydrogens (tertiary/aromatic N) is 2. The number of nitrogens with one attached hydrogen (secondary N) is 2. The van der Waals surface area contributed by atoms with E-state index in [1.807, 2.05) is 47.4 Å². The minimum absolute atomic E-state index is 0.0519. The van der Waals surface area contributed by atoms with Crippen molar-refractivity contribution in [2.75, 3.05) is 44.6 Å². The number of anilines is 1. The average molecular weight is 463 g/mol. The molecule has 3 aromatic rings. The van der Waals surface area contributed by atoms with Crippen molar-refractivity contribution in [3.8, 4) is 0 Å². The molecule has 0 saturated carbocycles. The van der Waals surface area contributed by atoms with E-state index in [0.717, 1.165) is 16.3 Å². The van der Waals surface area contributed by atoms with Crippen molar-refractivity contribution in [3.05, 3.63) is 78.1 Å². The van der Waals surface area contributed by atoms with Crippen molar-refractivity contribution in [2.24, 2.45) is 0 Å². The van der Waals surface area contributed by atoms with E-state index in [1.54, 1.807) is 11.0 Å². The highest BCUT2D eigenvalue weighted by Gasteiger charge is 2.22. The SMILES string of the molecule is O=C(Cc1cccc2ccccc12)NCC(=O)N1CCN(CC(=O)Nc2cccc(F)c2)CC1. The second kappa shape index (κ2) is 10.9. The Morgan fingerprint density at radius 1 is 0.853 bits per heavy atom. The predicted molar refractivity (Wildman–Crippen MR) is 129 cm³/mol. The van der Waals surface area contributed by atoms with Crippen molar-refractivity contribution in [1.82, 2.24) is 15.1 Å². The third-order valence-corrected chi connectivity index (χ3v) is 5.87. The van der Waals surface area contributed by atoms with Gasteiger partial charge in [0.2, 0.25) is 17.7 Å². The van der Waals surface area contributed by atoms with Crippen LogP contribution in [0.1, 0.15) is 5.56 Å². The Morgan fingerprint density at radius 2 is 1.59 bits per heavy atom. The van der Waals surface area contributed by atoms with E-state index in [4.69, 9.17) is 0 Å². The quantitative estimate of drug-likeness (QED) is 0.565. The molecule has 2 N–H and O–H groups in total. The van der Waals surface area contributed by atoms with Gasteiger partial charge >= 0.3 is 0 Å². The number of carbonyl (C=O) groups is 3. The van der Waals surface area contributed by atoms with Gasteiger partial charge in [-0.1, -0.05) is 48.5 Å². The van der Waals surface area contributed by atoms with E-state index >= 15 is 0 Å². The maximum atomic E-state index is 13.3. The highest BCUT2D eigenvalue weighted by molar-refractivity contribution is 5.93. The molecule has 34 heavy (non-hydrogen) atoms. The smallest absolute Gasteiger partial charge is 0.242 e. The molecule has 1 aliphatic heterocycles. The Morgan fingerprint density at radius 3 is 2.38 bits per heavy atom. The molecule has 1 aliphatic rings. The summed E-state index contributed by atoms with van der Waals surface area (Å²) in [5, 5.41) is 7.52. The van der Waals surface area contributed by atoms with Crippen LogP contribution in [0.3, 0.4) is 0 Å². The van der Waals surface area contributed by atoms with Crippen molar-refractivity contribution in [1.29, 1.82) is 0 Å². The molecule has 0 atom stereocenters. The zero-order valence-electron chi connectivity index (χ0n) is 18.8. The summed E-state index contributed by atoms with van der Waals surface area (Å²) in [4.78, 5) is 40.8. The number of amides is 3. The number of rotatable bonds is 7. The summed E-state index contributed by atoms with van der Waals surface area (Å²) in [6.07, 6.45) is 0.211. The summed E-state index contributed by atoms with van der Waals surface area (Å²) in [6.45, 7) is 2.17. The number of halogens is 1. The lowest BCUT2D eigenvalue weighted by molar-refractivity contribution is -0.134. The minimum atomic E-state index is -0.408. The van der Waals surface area contributed by atoms with Crippen molar-refractivity contribution in [2.45, 2.75) is 6.42 Å². The highest BCUT2D eigenvalue weighted by Crippen LogP contribution is 2.18. The summed E-state index contributed by atoms with van der Waals surface area (Å²) >= 11 is 0. The van der Waals surface area contributed by atoms with Crippen molar-refractivity contribution >= 4 is 34.2 Å². The number of carbonyl (C=O) groups excluding carboxylic acids is 3. The lowest BCUT2D eigenvalue weighted by atomic mass is 10.0. The molecule has 176 valence electrons. The van der Waals surface area contributed by atoms with Crippen LogP contribution in [-0.2, 0) is 20.8 Å². The number of fused-ring (bicyclic) bond motifs is 1. The fraction of sp³-hybridized carbons (Fsp3) is 0.269. The molecule has 1 saturated heterocycles. The molecule has 8 heteroatoms. The molecule has 7 nitrogen and oxygen atoms in total. The summed E-state index contributed by atoms with van der Waals surface area (Å²) in [5.74, 6) is -0.979. The van der Waals surface area contributed by atoms with Crippen LogP contribution in [-0.4, -0.2) is 66.8 Å². The fourth-order valence-electron chi connectivity index (χ4n) is 4.09. The standard InChI is InChI=1S/C26H27FN4O3/c27-21-8-4-9-22(16-21)29-25(33)18-30-11-13-31(14-12-30)26(34)17-28-24(32)15-20-7-3-6-19-5-1-2-10-23(19)20/h1-10,16H,11-15,17-18H2,(H,28,32)(H,29,33). The molecule has 0 radical (unpaired) electrons. The molecule has 0 bridgehead atoms. The van der Waals surface area contributed by atoms with Crippen LogP contribution in [0.2, 0.25) is 0 Å². The summed E-state index contributed by atoms with van der Waals surface area (Å²) in [7, 11) is 0. The predicted octanol–water partition coefficient (Wildman–Crippen LogP) is 2.42. The maximum absolute atomic E-state index is 13.3. The number of hydrogen-bond donors (Lipinski definition) is 2. The highest BCUT2D eigenvalue weighted by atomic mass is 19.1. The van der Waals surface area contributed by atoms with E-state index in [1.165, 1.54) is 18.2 Å². The van der Waals surface area contributed by atoms with Gasteiger partial charge in [-0.15, -0.1) is 0 Å². The van der Waals surface area contributed by atoms with E-state index in [2.05, 4.69) is 10.6 Å². The van der Waals surface area contributed by atoms with Crippen LogP contribution < -0.4 is 10.6 Å². The second-order valence-corrected chi connectivity index (χ2v) is 8.31. The van der Waals surface area contributed by atoms with Crippen molar-refractivity contribution < 1.29 is 18.8 Å². The molecular formula is C26H27FN4O3. The number of hydrogen-bond acceptors (Lipinski definition) is 4. The van der Waals surface area contributed by atoms with Crippen LogP contribution in [0.25, 0.3) is 10.8 Å². The van der Waals surface area contributed by atoms with Crippen LogP contribution in [0.15, 0.2) is 66.7 Å². The topological polar surface area (TPSA) is 81.8 Å². The Balaban J connectivity index is 1.19. The van der Waals surface area contributed by atoms with Gasteiger partial charge in [-0.2, -0.15) is 0 Å². The molecule has 4 rings (SSSR count). The van der Waals surface area contributed by atoms with Crippen LogP contribution in [0.5, 0.6) is 0 Å². The summed E-state index contributed by atoms with van der Waals surface area (Å²) in [6, 6.07) is 19.5. The van der Waals surface area contributed by atoms with E-state index in [9.17, 15) is 18.8 Å². The maximum Gasteiger partial charge on any atom is 0.242 e. The first-order chi connectivity index (χ1) is 16.5. The average Bonchev–Trinajstić information content (AvgIpc) is 2.83. The Hall–Kier alpha value is -3.78. The van der Waals surface area contributed by atoms with Gasteiger partial charge in [0.15, 0.2) is 0 Å². The normalized spacial score (nSPS) is 14.1. The van der Waals surface area contributed by atoms with E-state index in [0.29, 0.717) is 31.9 Å². The van der Waals surface area contributed by atoms with E-state index in [-0.39, 0.29) is 37.2 Å². The van der Waals surface area contributed by atoms with E-state index < -0.39 is 5.82 Å². The molecule has 0 aliphatic carbocycles. The van der Waals surface area contributed by atoms with Gasteiger partial charge in [0, 0.05) is 31.9 Å². The monoisotopic (exact) mass is 462 g/mol. The summed E-state index contributed by atoms with van der Waals surface area (Å²) < 4.78 is 13.3. The Bertz CT molecular complexity index is 1190. The van der Waals surface area contributed by atoms with Crippen molar-refractivity contribution in [3.63, 3.8) is 0 Å². The molecule has 3 aromatic carbocycles. The lowest BCUT2D eigenvalue weighted by Gasteiger charge is -2.34. The Kier molecular flexibility index (Phi) is 7.49.